The van der Waals surface area contributed by atoms with Gasteiger partial charge >= 0.3 is 5.97 Å². The van der Waals surface area contributed by atoms with E-state index in [4.69, 9.17) is 5.11 Å². The number of hydrogen-bond donors (Lipinski definition) is 1. The van der Waals surface area contributed by atoms with E-state index in [-0.39, 0.29) is 0 Å². The molecule has 0 aliphatic carbocycles. The lowest BCUT2D eigenvalue weighted by Crippen LogP contribution is -1.85. The summed E-state index contributed by atoms with van der Waals surface area (Å²) in [5.41, 5.74) is 0. The maximum atomic E-state index is 9.81. The Labute approximate surface area is 59.9 Å². The molecule has 0 aliphatic rings. The van der Waals surface area contributed by atoms with Crippen molar-refractivity contribution in [2.45, 2.75) is 6.92 Å². The summed E-state index contributed by atoms with van der Waals surface area (Å²) in [6.07, 6.45) is 6.76. The van der Waals surface area contributed by atoms with E-state index in [1.807, 2.05) is 18.9 Å². The van der Waals surface area contributed by atoms with Gasteiger partial charge in [0.1, 0.15) is 0 Å². The Morgan fingerprint density at radius 2 is 2.20 bits per heavy atom. The van der Waals surface area contributed by atoms with Gasteiger partial charge in [-0.25, -0.2) is 4.79 Å². The van der Waals surface area contributed by atoms with Gasteiger partial charge in [0.25, 0.3) is 0 Å². The van der Waals surface area contributed by atoms with Gasteiger partial charge in [0, 0.05) is 5.92 Å². The highest BCUT2D eigenvalue weighted by Gasteiger charge is 1.77. The topological polar surface area (TPSA) is 37.3 Å². The second-order valence-corrected chi connectivity index (χ2v) is 1.46. The van der Waals surface area contributed by atoms with Crippen molar-refractivity contribution in [2.24, 2.45) is 0 Å². The van der Waals surface area contributed by atoms with Gasteiger partial charge in [-0.1, -0.05) is 24.1 Å². The molecule has 0 heterocycles. The molecule has 0 aromatic heterocycles. The van der Waals surface area contributed by atoms with Crippen LogP contribution in [0.2, 0.25) is 0 Å². The largest absolute Gasteiger partial charge is 0.472 e. The van der Waals surface area contributed by atoms with Crippen molar-refractivity contribution in [3.8, 4) is 11.8 Å². The highest BCUT2D eigenvalue weighted by Crippen LogP contribution is 1.73. The third-order valence-electron chi connectivity index (χ3n) is 0.662. The van der Waals surface area contributed by atoms with Crippen molar-refractivity contribution < 1.29 is 9.90 Å². The first-order chi connectivity index (χ1) is 4.77. The van der Waals surface area contributed by atoms with Gasteiger partial charge in [0.05, 0.1) is 0 Å². The van der Waals surface area contributed by atoms with Crippen molar-refractivity contribution in [1.82, 2.24) is 0 Å². The zero-order valence-corrected chi connectivity index (χ0v) is 5.66. The summed E-state index contributed by atoms with van der Waals surface area (Å²) in [4.78, 5) is 9.81. The average molecular weight is 136 g/mol. The number of rotatable bonds is 1. The smallest absolute Gasteiger partial charge is 0.382 e. The van der Waals surface area contributed by atoms with Gasteiger partial charge < -0.3 is 5.11 Å². The molecular formula is C8H8O2. The monoisotopic (exact) mass is 136 g/mol. The first-order valence-electron chi connectivity index (χ1n) is 2.79. The van der Waals surface area contributed by atoms with E-state index >= 15 is 0 Å². The number of aliphatic carboxylic acids is 1. The van der Waals surface area contributed by atoms with E-state index in [1.54, 1.807) is 12.2 Å². The van der Waals surface area contributed by atoms with Crippen molar-refractivity contribution in [3.05, 3.63) is 24.3 Å². The lowest BCUT2D eigenvalue weighted by molar-refractivity contribution is -0.130. The van der Waals surface area contributed by atoms with Crippen molar-refractivity contribution in [3.63, 3.8) is 0 Å². The maximum absolute atomic E-state index is 9.81. The summed E-state index contributed by atoms with van der Waals surface area (Å²) in [5, 5.41) is 8.04. The lowest BCUT2D eigenvalue weighted by atomic mass is 10.4. The normalized spacial score (nSPS) is 9.70. The third-order valence-corrected chi connectivity index (χ3v) is 0.662. The van der Waals surface area contributed by atoms with Crippen LogP contribution >= 0.6 is 0 Å². The summed E-state index contributed by atoms with van der Waals surface area (Å²) in [7, 11) is 0. The molecule has 0 aliphatic heterocycles. The molecule has 0 saturated heterocycles. The van der Waals surface area contributed by atoms with Gasteiger partial charge in [0.15, 0.2) is 0 Å². The van der Waals surface area contributed by atoms with Crippen LogP contribution in [0.4, 0.5) is 0 Å². The third kappa shape index (κ3) is 6.51. The molecule has 0 aromatic rings. The molecule has 0 spiro atoms. The van der Waals surface area contributed by atoms with Crippen LogP contribution in [0.1, 0.15) is 6.92 Å². The highest BCUT2D eigenvalue weighted by atomic mass is 16.4. The summed E-state index contributed by atoms with van der Waals surface area (Å²) in [5.74, 6) is 3.18. The lowest BCUT2D eigenvalue weighted by Gasteiger charge is -1.68. The van der Waals surface area contributed by atoms with Crippen LogP contribution < -0.4 is 0 Å². The molecule has 0 aromatic carbocycles. The SMILES string of the molecule is CC=CC=CC#CC(=O)O. The number of carboxylic acids is 1. The molecular weight excluding hydrogens is 128 g/mol. The molecule has 0 fully saturated rings. The maximum Gasteiger partial charge on any atom is 0.382 e. The van der Waals surface area contributed by atoms with Crippen LogP contribution in [0.5, 0.6) is 0 Å². The minimum atomic E-state index is -1.11. The van der Waals surface area contributed by atoms with Crippen LogP contribution in [-0.2, 0) is 4.79 Å². The van der Waals surface area contributed by atoms with E-state index in [9.17, 15) is 4.79 Å². The summed E-state index contributed by atoms with van der Waals surface area (Å²) >= 11 is 0. The Morgan fingerprint density at radius 3 is 2.70 bits per heavy atom. The van der Waals surface area contributed by atoms with E-state index in [0.717, 1.165) is 0 Å². The molecule has 0 atom stereocenters. The molecule has 0 saturated carbocycles. The number of hydrogen-bond acceptors (Lipinski definition) is 1. The van der Waals surface area contributed by atoms with Gasteiger partial charge in [-0.05, 0) is 13.0 Å². The van der Waals surface area contributed by atoms with E-state index in [1.165, 1.54) is 6.08 Å². The van der Waals surface area contributed by atoms with Crippen LogP contribution in [0, 0.1) is 11.8 Å². The molecule has 0 radical (unpaired) electrons. The molecule has 10 heavy (non-hydrogen) atoms. The Kier molecular flexibility index (Phi) is 4.80. The van der Waals surface area contributed by atoms with Gasteiger partial charge in [-0.2, -0.15) is 0 Å². The fourth-order valence-electron chi connectivity index (χ4n) is 0.318. The molecule has 2 heteroatoms. The van der Waals surface area contributed by atoms with E-state index in [0.29, 0.717) is 0 Å². The molecule has 1 N–H and O–H groups in total. The van der Waals surface area contributed by atoms with E-state index in [2.05, 4.69) is 5.92 Å². The minimum absolute atomic E-state index is 1.11. The average Bonchev–Trinajstić information content (AvgIpc) is 1.87. The predicted octanol–water partition coefficient (Wildman–Crippen LogP) is 1.21. The summed E-state index contributed by atoms with van der Waals surface area (Å²) < 4.78 is 0. The molecule has 0 unspecified atom stereocenters. The Balaban J connectivity index is 3.75. The molecule has 0 amide bonds. The van der Waals surface area contributed by atoms with Crippen LogP contribution in [-0.4, -0.2) is 11.1 Å². The van der Waals surface area contributed by atoms with Crippen LogP contribution in [0.15, 0.2) is 24.3 Å². The van der Waals surface area contributed by atoms with Crippen LogP contribution in [0.25, 0.3) is 0 Å². The standard InChI is InChI=1S/C8H8O2/c1-2-3-4-5-6-7-8(9)10/h2-5H,1H3,(H,9,10). The van der Waals surface area contributed by atoms with Gasteiger partial charge in [-0.15, -0.1) is 0 Å². The van der Waals surface area contributed by atoms with Crippen molar-refractivity contribution >= 4 is 5.97 Å². The van der Waals surface area contributed by atoms with Crippen LogP contribution in [0.3, 0.4) is 0 Å². The first-order valence-corrected chi connectivity index (χ1v) is 2.79. The van der Waals surface area contributed by atoms with Crippen molar-refractivity contribution in [1.29, 1.82) is 0 Å². The fourth-order valence-corrected chi connectivity index (χ4v) is 0.318. The zero-order chi connectivity index (χ0) is 7.82. The quantitative estimate of drug-likeness (QED) is 0.434. The predicted molar refractivity (Wildman–Crippen MR) is 39.4 cm³/mol. The number of carbonyl (C=O) groups is 1. The molecule has 2 nitrogen and oxygen atoms in total. The number of carboxylic acid groups (broad SMARTS) is 1. The van der Waals surface area contributed by atoms with E-state index < -0.39 is 5.97 Å². The highest BCUT2D eigenvalue weighted by molar-refractivity contribution is 5.86. The minimum Gasteiger partial charge on any atom is -0.472 e. The Morgan fingerprint density at radius 1 is 1.50 bits per heavy atom. The van der Waals surface area contributed by atoms with Gasteiger partial charge in [0.2, 0.25) is 0 Å². The summed E-state index contributed by atoms with van der Waals surface area (Å²) in [6.45, 7) is 1.87. The second-order valence-electron chi connectivity index (χ2n) is 1.46. The fraction of sp³-hybridized carbons (Fsp3) is 0.125. The zero-order valence-electron chi connectivity index (χ0n) is 5.66. The van der Waals surface area contributed by atoms with Crippen molar-refractivity contribution in [2.75, 3.05) is 0 Å². The first kappa shape index (κ1) is 8.51. The second kappa shape index (κ2) is 5.64. The molecule has 52 valence electrons. The number of allylic oxidation sites excluding steroid dienone is 4. The summed E-state index contributed by atoms with van der Waals surface area (Å²) in [6, 6.07) is 0. The van der Waals surface area contributed by atoms with Gasteiger partial charge in [-0.3, -0.25) is 0 Å². The Hall–Kier alpha value is -1.49. The Bertz CT molecular complexity index is 213. The molecule has 0 bridgehead atoms. The molecule has 0 rings (SSSR count).